The Kier molecular flexibility index (Phi) is 6.55. The summed E-state index contributed by atoms with van der Waals surface area (Å²) in [5.41, 5.74) is 7.50. The van der Waals surface area contributed by atoms with Crippen molar-refractivity contribution in [1.29, 1.82) is 0 Å². The minimum Gasteiger partial charge on any atom is -0.328 e. The number of aryl methyl sites for hydroxylation is 1. The molecule has 0 spiro atoms. The van der Waals surface area contributed by atoms with Crippen molar-refractivity contribution in [2.24, 2.45) is 5.73 Å². The van der Waals surface area contributed by atoms with Crippen molar-refractivity contribution in [3.8, 4) is 0 Å². The van der Waals surface area contributed by atoms with Gasteiger partial charge >= 0.3 is 0 Å². The summed E-state index contributed by atoms with van der Waals surface area (Å²) >= 11 is 0. The molecule has 2 rings (SSSR count). The molecule has 0 atom stereocenters. The zero-order valence-electron chi connectivity index (χ0n) is 12.9. The van der Waals surface area contributed by atoms with Crippen molar-refractivity contribution >= 4 is 0 Å². The largest absolute Gasteiger partial charge is 0.328 e. The molecular weight excluding hydrogens is 244 g/mol. The fraction of sp³-hybridized carbons (Fsp3) is 0.667. The van der Waals surface area contributed by atoms with Gasteiger partial charge in [-0.25, -0.2) is 0 Å². The van der Waals surface area contributed by atoms with Gasteiger partial charge in [0.1, 0.15) is 0 Å². The summed E-state index contributed by atoms with van der Waals surface area (Å²) in [6.45, 7) is 4.77. The average molecular weight is 274 g/mol. The van der Waals surface area contributed by atoms with E-state index < -0.39 is 0 Å². The zero-order chi connectivity index (χ0) is 14.2. The Morgan fingerprint density at radius 2 is 1.75 bits per heavy atom. The fourth-order valence-corrected chi connectivity index (χ4v) is 3.36. The van der Waals surface area contributed by atoms with Crippen molar-refractivity contribution in [3.63, 3.8) is 0 Å². The van der Waals surface area contributed by atoms with Crippen LogP contribution in [0.5, 0.6) is 0 Å². The third-order valence-corrected chi connectivity index (χ3v) is 4.52. The van der Waals surface area contributed by atoms with Gasteiger partial charge < -0.3 is 10.6 Å². The van der Waals surface area contributed by atoms with Gasteiger partial charge in [-0.3, -0.25) is 0 Å². The Hall–Kier alpha value is -0.860. The summed E-state index contributed by atoms with van der Waals surface area (Å²) in [6, 6.07) is 12.1. The number of benzene rings is 1. The minimum atomic E-state index is 0.457. The fourth-order valence-electron chi connectivity index (χ4n) is 3.36. The van der Waals surface area contributed by atoms with E-state index in [4.69, 9.17) is 5.73 Å². The van der Waals surface area contributed by atoms with Crippen molar-refractivity contribution in [1.82, 2.24) is 4.90 Å². The number of rotatable bonds is 7. The highest BCUT2D eigenvalue weighted by molar-refractivity contribution is 5.14. The van der Waals surface area contributed by atoms with Gasteiger partial charge in [-0.15, -0.1) is 0 Å². The van der Waals surface area contributed by atoms with Crippen LogP contribution in [0, 0.1) is 0 Å². The summed E-state index contributed by atoms with van der Waals surface area (Å²) in [7, 11) is 0. The van der Waals surface area contributed by atoms with Gasteiger partial charge in [0.05, 0.1) is 0 Å². The molecule has 1 aliphatic carbocycles. The summed E-state index contributed by atoms with van der Waals surface area (Å²) in [6.07, 6.45) is 8.75. The standard InChI is InChI=1S/C18H30N2/c1-2-14-20(18-12-10-17(19)11-13-18)15-6-9-16-7-4-3-5-8-16/h3-5,7-8,17-18H,2,6,9-15,19H2,1H3. The first-order chi connectivity index (χ1) is 9.79. The van der Waals surface area contributed by atoms with E-state index in [0.29, 0.717) is 6.04 Å². The maximum Gasteiger partial charge on any atom is 0.00964 e. The Labute approximate surface area is 124 Å². The lowest BCUT2D eigenvalue weighted by Gasteiger charge is -2.36. The molecule has 2 N–H and O–H groups in total. The molecule has 1 aliphatic rings. The first kappa shape index (κ1) is 15.5. The van der Waals surface area contributed by atoms with Crippen LogP contribution in [0.15, 0.2) is 30.3 Å². The maximum atomic E-state index is 6.03. The second-order valence-corrected chi connectivity index (χ2v) is 6.19. The topological polar surface area (TPSA) is 29.3 Å². The highest BCUT2D eigenvalue weighted by atomic mass is 15.1. The van der Waals surface area contributed by atoms with Crippen LogP contribution >= 0.6 is 0 Å². The molecule has 2 nitrogen and oxygen atoms in total. The van der Waals surface area contributed by atoms with Crippen LogP contribution in [0.2, 0.25) is 0 Å². The van der Waals surface area contributed by atoms with Crippen LogP contribution in [0.4, 0.5) is 0 Å². The van der Waals surface area contributed by atoms with Crippen LogP contribution in [0.3, 0.4) is 0 Å². The van der Waals surface area contributed by atoms with Gasteiger partial charge in [0, 0.05) is 12.1 Å². The molecule has 0 bridgehead atoms. The SMILES string of the molecule is CCCN(CCCc1ccccc1)C1CCC(N)CC1. The van der Waals surface area contributed by atoms with Gasteiger partial charge in [0.25, 0.3) is 0 Å². The van der Waals surface area contributed by atoms with Crippen molar-refractivity contribution < 1.29 is 0 Å². The predicted molar refractivity (Wildman–Crippen MR) is 86.9 cm³/mol. The highest BCUT2D eigenvalue weighted by Crippen LogP contribution is 2.22. The molecular formula is C18H30N2. The third-order valence-electron chi connectivity index (χ3n) is 4.52. The van der Waals surface area contributed by atoms with E-state index in [1.54, 1.807) is 0 Å². The van der Waals surface area contributed by atoms with Crippen LogP contribution in [0.25, 0.3) is 0 Å². The molecule has 0 aromatic heterocycles. The lowest BCUT2D eigenvalue weighted by atomic mass is 9.90. The molecule has 0 unspecified atom stereocenters. The van der Waals surface area contributed by atoms with Gasteiger partial charge in [-0.1, -0.05) is 37.3 Å². The molecule has 1 aromatic carbocycles. The molecule has 112 valence electrons. The van der Waals surface area contributed by atoms with E-state index in [-0.39, 0.29) is 0 Å². The Morgan fingerprint density at radius 3 is 2.40 bits per heavy atom. The predicted octanol–water partition coefficient (Wildman–Crippen LogP) is 3.60. The third kappa shape index (κ3) is 4.92. The first-order valence-electron chi connectivity index (χ1n) is 8.33. The summed E-state index contributed by atoms with van der Waals surface area (Å²) in [5, 5.41) is 0. The smallest absolute Gasteiger partial charge is 0.00964 e. The molecule has 0 heterocycles. The summed E-state index contributed by atoms with van der Waals surface area (Å²) in [4.78, 5) is 2.72. The Balaban J connectivity index is 1.77. The Morgan fingerprint density at radius 1 is 1.05 bits per heavy atom. The lowest BCUT2D eigenvalue weighted by Crippen LogP contribution is -2.41. The van der Waals surface area contributed by atoms with E-state index in [1.807, 2.05) is 0 Å². The molecule has 0 aliphatic heterocycles. The van der Waals surface area contributed by atoms with Crippen LogP contribution in [-0.2, 0) is 6.42 Å². The molecule has 0 amide bonds. The molecule has 20 heavy (non-hydrogen) atoms. The van der Waals surface area contributed by atoms with E-state index in [0.717, 1.165) is 6.04 Å². The van der Waals surface area contributed by atoms with Crippen molar-refractivity contribution in [3.05, 3.63) is 35.9 Å². The highest BCUT2D eigenvalue weighted by Gasteiger charge is 2.23. The van der Waals surface area contributed by atoms with E-state index >= 15 is 0 Å². The Bertz CT molecular complexity index is 355. The number of nitrogens with zero attached hydrogens (tertiary/aromatic N) is 1. The first-order valence-corrected chi connectivity index (χ1v) is 8.33. The average Bonchev–Trinajstić information content (AvgIpc) is 2.48. The quantitative estimate of drug-likeness (QED) is 0.823. The number of hydrogen-bond acceptors (Lipinski definition) is 2. The van der Waals surface area contributed by atoms with Gasteiger partial charge in [0.2, 0.25) is 0 Å². The van der Waals surface area contributed by atoms with Crippen LogP contribution in [0.1, 0.15) is 51.0 Å². The number of nitrogens with two attached hydrogens (primary N) is 1. The zero-order valence-corrected chi connectivity index (χ0v) is 12.9. The monoisotopic (exact) mass is 274 g/mol. The van der Waals surface area contributed by atoms with Crippen LogP contribution < -0.4 is 5.73 Å². The minimum absolute atomic E-state index is 0.457. The van der Waals surface area contributed by atoms with Gasteiger partial charge in [-0.05, 0) is 63.6 Å². The molecule has 2 heteroatoms. The molecule has 1 saturated carbocycles. The molecule has 0 saturated heterocycles. The van der Waals surface area contributed by atoms with Gasteiger partial charge in [0.15, 0.2) is 0 Å². The molecule has 0 radical (unpaired) electrons. The lowest BCUT2D eigenvalue weighted by molar-refractivity contribution is 0.148. The maximum absolute atomic E-state index is 6.03. The van der Waals surface area contributed by atoms with Gasteiger partial charge in [-0.2, -0.15) is 0 Å². The normalized spacial score (nSPS) is 23.1. The summed E-state index contributed by atoms with van der Waals surface area (Å²) in [5.74, 6) is 0. The van der Waals surface area contributed by atoms with E-state index in [9.17, 15) is 0 Å². The van der Waals surface area contributed by atoms with Crippen molar-refractivity contribution in [2.75, 3.05) is 13.1 Å². The van der Waals surface area contributed by atoms with E-state index in [1.165, 1.54) is 63.6 Å². The van der Waals surface area contributed by atoms with Crippen LogP contribution in [-0.4, -0.2) is 30.1 Å². The second kappa shape index (κ2) is 8.43. The van der Waals surface area contributed by atoms with E-state index in [2.05, 4.69) is 42.2 Å². The van der Waals surface area contributed by atoms with Crippen molar-refractivity contribution in [2.45, 2.75) is 64.0 Å². The summed E-state index contributed by atoms with van der Waals surface area (Å²) < 4.78 is 0. The molecule has 1 fully saturated rings. The number of hydrogen-bond donors (Lipinski definition) is 1. The second-order valence-electron chi connectivity index (χ2n) is 6.19. The molecule has 1 aromatic rings.